The second-order valence-electron chi connectivity index (χ2n) is 4.53. The number of ether oxygens (including phenoxy) is 1. The Kier molecular flexibility index (Phi) is 6.77. The number of rotatable bonds is 6. The molecule has 0 aromatic heterocycles. The van der Waals surface area contributed by atoms with Crippen LogP contribution in [0, 0.1) is 5.41 Å². The summed E-state index contributed by atoms with van der Waals surface area (Å²) in [5.41, 5.74) is 5.27. The van der Waals surface area contributed by atoms with Crippen molar-refractivity contribution in [2.45, 2.75) is 32.8 Å². The van der Waals surface area contributed by atoms with E-state index in [0.717, 1.165) is 12.6 Å². The van der Waals surface area contributed by atoms with Gasteiger partial charge in [-0.3, -0.25) is 0 Å². The van der Waals surface area contributed by atoms with E-state index in [0.29, 0.717) is 18.8 Å². The molecule has 5 N–H and O–H groups in total. The number of alkyl carbamates (subject to hydrolysis) is 1. The van der Waals surface area contributed by atoms with Crippen LogP contribution < -0.4 is 16.4 Å². The van der Waals surface area contributed by atoms with Gasteiger partial charge in [-0.05, 0) is 27.2 Å². The van der Waals surface area contributed by atoms with Gasteiger partial charge in [-0.15, -0.1) is 0 Å². The molecule has 1 amide bonds. The first-order valence-electron chi connectivity index (χ1n) is 5.51. The van der Waals surface area contributed by atoms with Crippen LogP contribution >= 0.6 is 0 Å². The topological polar surface area (TPSA) is 100 Å². The van der Waals surface area contributed by atoms with Crippen LogP contribution in [0.3, 0.4) is 0 Å². The Balaban J connectivity index is 3.52. The number of nitrogens with one attached hydrogen (secondary N) is 3. The zero-order chi connectivity index (χ0) is 13.3. The molecule has 0 spiro atoms. The van der Waals surface area contributed by atoms with E-state index in [9.17, 15) is 4.79 Å². The summed E-state index contributed by atoms with van der Waals surface area (Å²) >= 11 is 0. The van der Waals surface area contributed by atoms with Gasteiger partial charge < -0.3 is 26.5 Å². The molecule has 0 rings (SSSR count). The Labute approximate surface area is 102 Å². The molecule has 0 radical (unpaired) electrons. The molecule has 0 heterocycles. The molecule has 17 heavy (non-hydrogen) atoms. The van der Waals surface area contributed by atoms with Crippen molar-refractivity contribution < 1.29 is 9.53 Å². The maximum absolute atomic E-state index is 11.2. The van der Waals surface area contributed by atoms with Crippen LogP contribution in [0.5, 0.6) is 0 Å². The summed E-state index contributed by atoms with van der Waals surface area (Å²) in [6.07, 6.45) is 2.96. The number of nitrogens with two attached hydrogens (primary N) is 1. The third-order valence-electron chi connectivity index (χ3n) is 1.60. The van der Waals surface area contributed by atoms with Crippen molar-refractivity contribution in [1.29, 1.82) is 5.41 Å². The SMILES string of the molecule is CC(C)(C)OC(=O)NCCCN/C=C(/N)C=N. The van der Waals surface area contributed by atoms with E-state index in [1.807, 2.05) is 20.8 Å². The number of hydrogen-bond acceptors (Lipinski definition) is 5. The van der Waals surface area contributed by atoms with Gasteiger partial charge >= 0.3 is 6.09 Å². The molecule has 6 heteroatoms. The second-order valence-corrected chi connectivity index (χ2v) is 4.53. The van der Waals surface area contributed by atoms with Crippen LogP contribution in [0.1, 0.15) is 27.2 Å². The predicted molar refractivity (Wildman–Crippen MR) is 67.9 cm³/mol. The molecule has 0 saturated carbocycles. The van der Waals surface area contributed by atoms with Gasteiger partial charge in [0, 0.05) is 25.5 Å². The summed E-state index contributed by atoms with van der Waals surface area (Å²) in [7, 11) is 0. The average molecular weight is 242 g/mol. The maximum Gasteiger partial charge on any atom is 0.407 e. The van der Waals surface area contributed by atoms with Crippen LogP contribution in [-0.2, 0) is 4.74 Å². The number of carbonyl (C=O) groups is 1. The molecular weight excluding hydrogens is 220 g/mol. The average Bonchev–Trinajstić information content (AvgIpc) is 2.20. The summed E-state index contributed by atoms with van der Waals surface area (Å²) in [6, 6.07) is 0. The van der Waals surface area contributed by atoms with Gasteiger partial charge in [-0.1, -0.05) is 0 Å². The Bertz CT molecular complexity index is 282. The minimum absolute atomic E-state index is 0.366. The zero-order valence-electron chi connectivity index (χ0n) is 10.7. The number of amides is 1. The molecule has 0 aliphatic rings. The Morgan fingerprint density at radius 2 is 2.06 bits per heavy atom. The lowest BCUT2D eigenvalue weighted by Gasteiger charge is -2.19. The van der Waals surface area contributed by atoms with Gasteiger partial charge in [0.25, 0.3) is 0 Å². The highest BCUT2D eigenvalue weighted by molar-refractivity contribution is 5.73. The minimum Gasteiger partial charge on any atom is -0.444 e. The van der Waals surface area contributed by atoms with Crippen molar-refractivity contribution in [3.63, 3.8) is 0 Å². The molecule has 0 saturated heterocycles. The largest absolute Gasteiger partial charge is 0.444 e. The van der Waals surface area contributed by atoms with Crippen LogP contribution in [0.2, 0.25) is 0 Å². The van der Waals surface area contributed by atoms with Gasteiger partial charge in [-0.25, -0.2) is 4.79 Å². The molecule has 6 nitrogen and oxygen atoms in total. The highest BCUT2D eigenvalue weighted by Crippen LogP contribution is 2.06. The first-order valence-corrected chi connectivity index (χ1v) is 5.51. The Morgan fingerprint density at radius 1 is 1.41 bits per heavy atom. The monoisotopic (exact) mass is 242 g/mol. The molecule has 0 atom stereocenters. The van der Waals surface area contributed by atoms with E-state index < -0.39 is 11.7 Å². The van der Waals surface area contributed by atoms with Crippen LogP contribution in [0.4, 0.5) is 4.79 Å². The second kappa shape index (κ2) is 7.54. The van der Waals surface area contributed by atoms with Crippen molar-refractivity contribution in [2.24, 2.45) is 5.73 Å². The van der Waals surface area contributed by atoms with E-state index in [4.69, 9.17) is 15.9 Å². The maximum atomic E-state index is 11.2. The third-order valence-corrected chi connectivity index (χ3v) is 1.60. The van der Waals surface area contributed by atoms with Gasteiger partial charge in [0.15, 0.2) is 0 Å². The van der Waals surface area contributed by atoms with Crippen molar-refractivity contribution in [2.75, 3.05) is 13.1 Å². The molecule has 0 unspecified atom stereocenters. The lowest BCUT2D eigenvalue weighted by atomic mass is 10.2. The van der Waals surface area contributed by atoms with Crippen molar-refractivity contribution in [3.8, 4) is 0 Å². The summed E-state index contributed by atoms with van der Waals surface area (Å²) < 4.78 is 5.07. The fourth-order valence-corrected chi connectivity index (χ4v) is 0.927. The van der Waals surface area contributed by atoms with E-state index in [-0.39, 0.29) is 0 Å². The van der Waals surface area contributed by atoms with Gasteiger partial charge in [0.1, 0.15) is 5.60 Å². The smallest absolute Gasteiger partial charge is 0.407 e. The van der Waals surface area contributed by atoms with Crippen molar-refractivity contribution in [3.05, 3.63) is 11.9 Å². The standard InChI is InChI=1S/C11H22N4O2/c1-11(2,3)17-10(16)15-6-4-5-14-8-9(13)7-12/h7-8,12,14H,4-6,13H2,1-3H3,(H,15,16)/b9-8+,12-7?. The van der Waals surface area contributed by atoms with Crippen molar-refractivity contribution >= 4 is 12.3 Å². The fourth-order valence-electron chi connectivity index (χ4n) is 0.927. The molecule has 0 aliphatic carbocycles. The minimum atomic E-state index is -0.469. The molecule has 0 fully saturated rings. The molecule has 0 aromatic carbocycles. The quantitative estimate of drug-likeness (QED) is 0.411. The highest BCUT2D eigenvalue weighted by Gasteiger charge is 2.15. The van der Waals surface area contributed by atoms with Crippen LogP contribution in [0.25, 0.3) is 0 Å². The summed E-state index contributed by atoms with van der Waals surface area (Å²) in [6.45, 7) is 6.65. The first-order chi connectivity index (χ1) is 7.85. The van der Waals surface area contributed by atoms with Gasteiger partial charge in [0.2, 0.25) is 0 Å². The predicted octanol–water partition coefficient (Wildman–Crippen LogP) is 0.940. The van der Waals surface area contributed by atoms with Crippen LogP contribution in [-0.4, -0.2) is 31.0 Å². The van der Waals surface area contributed by atoms with Gasteiger partial charge in [-0.2, -0.15) is 0 Å². The van der Waals surface area contributed by atoms with Crippen LogP contribution in [0.15, 0.2) is 11.9 Å². The lowest BCUT2D eigenvalue weighted by Crippen LogP contribution is -2.33. The fraction of sp³-hybridized carbons (Fsp3) is 0.636. The third kappa shape index (κ3) is 10.6. The Hall–Kier alpha value is -1.72. The first kappa shape index (κ1) is 15.3. The molecule has 0 aliphatic heterocycles. The lowest BCUT2D eigenvalue weighted by molar-refractivity contribution is 0.0527. The summed E-state index contributed by atoms with van der Waals surface area (Å²) in [4.78, 5) is 11.2. The van der Waals surface area contributed by atoms with E-state index in [1.54, 1.807) is 6.20 Å². The molecule has 98 valence electrons. The Morgan fingerprint density at radius 3 is 2.59 bits per heavy atom. The molecular formula is C11H22N4O2. The number of carbonyl (C=O) groups excluding carboxylic acids is 1. The van der Waals surface area contributed by atoms with Crippen molar-refractivity contribution in [1.82, 2.24) is 10.6 Å². The molecule has 0 aromatic rings. The summed E-state index contributed by atoms with van der Waals surface area (Å²) in [5.74, 6) is 0. The number of allylic oxidation sites excluding steroid dienone is 1. The zero-order valence-corrected chi connectivity index (χ0v) is 10.7. The van der Waals surface area contributed by atoms with E-state index >= 15 is 0 Å². The van der Waals surface area contributed by atoms with Gasteiger partial charge in [0.05, 0.1) is 5.70 Å². The molecule has 0 bridgehead atoms. The summed E-state index contributed by atoms with van der Waals surface area (Å²) in [5, 5.41) is 12.4. The highest BCUT2D eigenvalue weighted by atomic mass is 16.6. The normalized spacial score (nSPS) is 11.8. The van der Waals surface area contributed by atoms with E-state index in [2.05, 4.69) is 10.6 Å². The van der Waals surface area contributed by atoms with E-state index in [1.165, 1.54) is 0 Å². The number of hydrogen-bond donors (Lipinski definition) is 4.